The Kier molecular flexibility index (Phi) is 5.94. The third kappa shape index (κ3) is 4.25. The van der Waals surface area contributed by atoms with Crippen LogP contribution in [0, 0.1) is 13.8 Å². The van der Waals surface area contributed by atoms with Crippen LogP contribution in [0.1, 0.15) is 29.7 Å². The summed E-state index contributed by atoms with van der Waals surface area (Å²) in [4.78, 5) is 22.8. The van der Waals surface area contributed by atoms with E-state index < -0.39 is 0 Å². The molecule has 0 saturated carbocycles. The number of piperazine rings is 1. The first-order chi connectivity index (χ1) is 17.5. The minimum atomic E-state index is 0.0192. The number of urea groups is 1. The summed E-state index contributed by atoms with van der Waals surface area (Å²) in [5, 5.41) is 3.89. The molecular weight excluding hydrogens is 470 g/mol. The second-order valence-corrected chi connectivity index (χ2v) is 10.5. The smallest absolute Gasteiger partial charge is 0.316 e. The molecule has 2 unspecified atom stereocenters. The number of carbonyl (C=O) groups is 1. The number of aryl methyl sites for hydroxylation is 2. The van der Waals surface area contributed by atoms with Crippen molar-refractivity contribution in [1.82, 2.24) is 19.2 Å². The summed E-state index contributed by atoms with van der Waals surface area (Å²) in [7, 11) is 0. The first-order valence-electron chi connectivity index (χ1n) is 12.6. The van der Waals surface area contributed by atoms with Crippen molar-refractivity contribution in [2.24, 2.45) is 0 Å². The zero-order valence-electron chi connectivity index (χ0n) is 20.6. The molecule has 36 heavy (non-hydrogen) atoms. The molecule has 2 aromatic carbocycles. The summed E-state index contributed by atoms with van der Waals surface area (Å²) >= 11 is 6.15. The van der Waals surface area contributed by atoms with Gasteiger partial charge in [0, 0.05) is 54.2 Å². The van der Waals surface area contributed by atoms with Gasteiger partial charge in [0.1, 0.15) is 5.65 Å². The maximum Gasteiger partial charge on any atom is 0.322 e. The fourth-order valence-corrected chi connectivity index (χ4v) is 5.96. The molecule has 4 heterocycles. The standard InChI is InChI=1S/C29H30ClN5O/c1-19-6-13-25(20(2)15-19)31-29(36)35-23-11-12-24(35)17-33(16-23)18-26-28(21-7-9-22(30)10-8-21)32-27-5-3-4-14-34(26)27/h3-10,13-15,23-24H,11-12,16-18H2,1-2H3,(H,31,36). The SMILES string of the molecule is Cc1ccc(NC(=O)N2C3CCC2CN(Cc2c(-c4ccc(Cl)cc4)nc4ccccn24)C3)c(C)c1. The van der Waals surface area contributed by atoms with E-state index in [2.05, 4.69) is 38.7 Å². The molecule has 0 radical (unpaired) electrons. The Morgan fingerprint density at radius 2 is 1.78 bits per heavy atom. The molecule has 2 aliphatic heterocycles. The molecule has 4 aromatic rings. The van der Waals surface area contributed by atoms with E-state index in [-0.39, 0.29) is 18.1 Å². The van der Waals surface area contributed by atoms with E-state index in [9.17, 15) is 4.79 Å². The van der Waals surface area contributed by atoms with Gasteiger partial charge in [0.2, 0.25) is 0 Å². The van der Waals surface area contributed by atoms with Crippen LogP contribution in [0.4, 0.5) is 10.5 Å². The van der Waals surface area contributed by atoms with Crippen molar-refractivity contribution in [2.45, 2.75) is 45.3 Å². The number of fused-ring (bicyclic) bond motifs is 3. The van der Waals surface area contributed by atoms with Crippen molar-refractivity contribution in [3.05, 3.63) is 88.7 Å². The van der Waals surface area contributed by atoms with Crippen LogP contribution in [0.15, 0.2) is 66.9 Å². The molecule has 2 amide bonds. The van der Waals surface area contributed by atoms with Crippen LogP contribution in [0.5, 0.6) is 0 Å². The van der Waals surface area contributed by atoms with Gasteiger partial charge in [-0.1, -0.05) is 47.5 Å². The van der Waals surface area contributed by atoms with Crippen LogP contribution in [0.25, 0.3) is 16.9 Å². The number of benzene rings is 2. The molecule has 0 spiro atoms. The van der Waals surface area contributed by atoms with Crippen LogP contribution in [0.2, 0.25) is 5.02 Å². The highest BCUT2D eigenvalue weighted by molar-refractivity contribution is 6.30. The lowest BCUT2D eigenvalue weighted by atomic mass is 10.1. The molecule has 6 nitrogen and oxygen atoms in total. The predicted octanol–water partition coefficient (Wildman–Crippen LogP) is 6.15. The summed E-state index contributed by atoms with van der Waals surface area (Å²) in [6.45, 7) is 6.61. The molecule has 0 aliphatic carbocycles. The molecule has 2 saturated heterocycles. The number of anilines is 1. The van der Waals surface area contributed by atoms with E-state index in [1.54, 1.807) is 0 Å². The maximum atomic E-state index is 13.3. The number of hydrogen-bond acceptors (Lipinski definition) is 3. The Balaban J connectivity index is 1.23. The van der Waals surface area contributed by atoms with Crippen LogP contribution < -0.4 is 5.32 Å². The van der Waals surface area contributed by atoms with Gasteiger partial charge in [-0.2, -0.15) is 0 Å². The zero-order chi connectivity index (χ0) is 24.8. The van der Waals surface area contributed by atoms with E-state index in [4.69, 9.17) is 16.6 Å². The quantitative estimate of drug-likeness (QED) is 0.366. The summed E-state index contributed by atoms with van der Waals surface area (Å²) < 4.78 is 2.19. The maximum absolute atomic E-state index is 13.3. The molecule has 1 N–H and O–H groups in total. The Morgan fingerprint density at radius 1 is 1.03 bits per heavy atom. The molecule has 2 fully saturated rings. The Bertz CT molecular complexity index is 1420. The Hall–Kier alpha value is -3.35. The van der Waals surface area contributed by atoms with Gasteiger partial charge >= 0.3 is 6.03 Å². The van der Waals surface area contributed by atoms with Crippen LogP contribution >= 0.6 is 11.6 Å². The van der Waals surface area contributed by atoms with Crippen molar-refractivity contribution in [3.8, 4) is 11.3 Å². The van der Waals surface area contributed by atoms with Gasteiger partial charge in [-0.3, -0.25) is 4.90 Å². The number of nitrogens with one attached hydrogen (secondary N) is 1. The fraction of sp³-hybridized carbons (Fsp3) is 0.310. The summed E-state index contributed by atoms with van der Waals surface area (Å²) in [5.41, 5.74) is 7.34. The number of halogens is 1. The number of likely N-dealkylation sites (tertiary alicyclic amines) is 1. The molecule has 2 atom stereocenters. The number of carbonyl (C=O) groups excluding carboxylic acids is 1. The van der Waals surface area contributed by atoms with Gasteiger partial charge in [-0.25, -0.2) is 9.78 Å². The number of amides is 2. The second kappa shape index (κ2) is 9.26. The normalized spacial score (nSPS) is 19.7. The molecule has 2 bridgehead atoms. The van der Waals surface area contributed by atoms with Crippen LogP contribution in [-0.2, 0) is 6.54 Å². The van der Waals surface area contributed by atoms with Crippen molar-refractivity contribution in [3.63, 3.8) is 0 Å². The lowest BCUT2D eigenvalue weighted by Crippen LogP contribution is -2.56. The fourth-order valence-electron chi connectivity index (χ4n) is 5.83. The Morgan fingerprint density at radius 3 is 2.50 bits per heavy atom. The third-order valence-electron chi connectivity index (χ3n) is 7.54. The van der Waals surface area contributed by atoms with E-state index >= 15 is 0 Å². The van der Waals surface area contributed by atoms with Gasteiger partial charge in [0.25, 0.3) is 0 Å². The van der Waals surface area contributed by atoms with Crippen LogP contribution in [0.3, 0.4) is 0 Å². The van der Waals surface area contributed by atoms with Crippen LogP contribution in [-0.4, -0.2) is 50.4 Å². The third-order valence-corrected chi connectivity index (χ3v) is 7.79. The van der Waals surface area contributed by atoms with Crippen molar-refractivity contribution in [1.29, 1.82) is 0 Å². The van der Waals surface area contributed by atoms with Gasteiger partial charge in [0.15, 0.2) is 0 Å². The van der Waals surface area contributed by atoms with Gasteiger partial charge in [-0.15, -0.1) is 0 Å². The molecular formula is C29H30ClN5O. The Labute approximate surface area is 216 Å². The van der Waals surface area contributed by atoms with Crippen molar-refractivity contribution >= 4 is 29.0 Å². The molecule has 7 heteroatoms. The molecule has 2 aromatic heterocycles. The van der Waals surface area contributed by atoms with E-state index in [1.165, 1.54) is 11.3 Å². The number of pyridine rings is 1. The van der Waals surface area contributed by atoms with E-state index in [0.29, 0.717) is 0 Å². The lowest BCUT2D eigenvalue weighted by molar-refractivity contribution is 0.0894. The highest BCUT2D eigenvalue weighted by Crippen LogP contribution is 2.33. The van der Waals surface area contributed by atoms with Gasteiger partial charge in [0.05, 0.1) is 11.4 Å². The highest BCUT2D eigenvalue weighted by atomic mass is 35.5. The minimum absolute atomic E-state index is 0.0192. The molecule has 6 rings (SSSR count). The first kappa shape index (κ1) is 23.1. The summed E-state index contributed by atoms with van der Waals surface area (Å²) in [5.74, 6) is 0. The topological polar surface area (TPSA) is 52.9 Å². The minimum Gasteiger partial charge on any atom is -0.316 e. The number of hydrogen-bond donors (Lipinski definition) is 1. The first-order valence-corrected chi connectivity index (χ1v) is 12.9. The molecule has 184 valence electrons. The van der Waals surface area contributed by atoms with Gasteiger partial charge in [-0.05, 0) is 62.6 Å². The number of nitrogens with zero attached hydrogens (tertiary/aromatic N) is 4. The predicted molar refractivity (Wildman–Crippen MR) is 144 cm³/mol. The average Bonchev–Trinajstić information content (AvgIpc) is 3.36. The van der Waals surface area contributed by atoms with Crippen molar-refractivity contribution < 1.29 is 4.79 Å². The zero-order valence-corrected chi connectivity index (χ0v) is 21.4. The summed E-state index contributed by atoms with van der Waals surface area (Å²) in [6.07, 6.45) is 4.16. The van der Waals surface area contributed by atoms with E-state index in [0.717, 1.165) is 65.7 Å². The second-order valence-electron chi connectivity index (χ2n) is 10.1. The van der Waals surface area contributed by atoms with E-state index in [1.807, 2.05) is 61.5 Å². The highest BCUT2D eigenvalue weighted by Gasteiger charge is 2.43. The lowest BCUT2D eigenvalue weighted by Gasteiger charge is -2.41. The number of aromatic nitrogens is 2. The average molecular weight is 500 g/mol. The van der Waals surface area contributed by atoms with Gasteiger partial charge < -0.3 is 14.6 Å². The monoisotopic (exact) mass is 499 g/mol. The largest absolute Gasteiger partial charge is 0.322 e. The molecule has 2 aliphatic rings. The summed E-state index contributed by atoms with van der Waals surface area (Å²) in [6, 6.07) is 20.6. The van der Waals surface area contributed by atoms with Crippen molar-refractivity contribution in [2.75, 3.05) is 18.4 Å². The number of imidazole rings is 1. The number of rotatable bonds is 4.